The number of esters is 1. The standard InChI is InChI=1S/C38H43FN2O6/c1-25(41-36(43)47-38(5,6)7)31-12-10-13-32(35(31)39)29-19-27(20-30(21-29)44-23-26-15-17-40-18-16-26)24-45-33-14-9-8-11-28(33)22-34(42)46-37(2,3)4/h8-21,25H,22-24H2,1-7H3,(H,41,43). The fourth-order valence-electron chi connectivity index (χ4n) is 4.78. The van der Waals surface area contributed by atoms with Crippen molar-refractivity contribution >= 4 is 12.1 Å². The minimum Gasteiger partial charge on any atom is -0.489 e. The number of rotatable bonds is 11. The van der Waals surface area contributed by atoms with Crippen LogP contribution < -0.4 is 14.8 Å². The second-order valence-corrected chi connectivity index (χ2v) is 13.2. The van der Waals surface area contributed by atoms with Gasteiger partial charge < -0.3 is 24.3 Å². The van der Waals surface area contributed by atoms with Crippen LogP contribution >= 0.6 is 0 Å². The van der Waals surface area contributed by atoms with Crippen LogP contribution in [0.4, 0.5) is 9.18 Å². The van der Waals surface area contributed by atoms with Crippen LogP contribution in [0.3, 0.4) is 0 Å². The number of aromatic nitrogens is 1. The maximum Gasteiger partial charge on any atom is 0.408 e. The lowest BCUT2D eigenvalue weighted by Gasteiger charge is -2.22. The summed E-state index contributed by atoms with van der Waals surface area (Å²) in [7, 11) is 0. The highest BCUT2D eigenvalue weighted by molar-refractivity contribution is 5.74. The Labute approximate surface area is 276 Å². The average Bonchev–Trinajstić information content (AvgIpc) is 2.98. The lowest BCUT2D eigenvalue weighted by atomic mass is 9.97. The fraction of sp³-hybridized carbons (Fsp3) is 0.342. The number of benzene rings is 3. The fourth-order valence-corrected chi connectivity index (χ4v) is 4.78. The number of hydrogen-bond donors (Lipinski definition) is 1. The van der Waals surface area contributed by atoms with Crippen molar-refractivity contribution in [2.45, 2.75) is 85.3 Å². The van der Waals surface area contributed by atoms with E-state index in [0.29, 0.717) is 33.8 Å². The Hall–Kier alpha value is -4.92. The summed E-state index contributed by atoms with van der Waals surface area (Å²) in [4.78, 5) is 29.0. The van der Waals surface area contributed by atoms with E-state index in [1.165, 1.54) is 0 Å². The van der Waals surface area contributed by atoms with Gasteiger partial charge in [0.1, 0.15) is 41.7 Å². The summed E-state index contributed by atoms with van der Waals surface area (Å²) >= 11 is 0. The normalized spacial score (nSPS) is 12.2. The van der Waals surface area contributed by atoms with E-state index in [0.717, 1.165) is 11.1 Å². The molecule has 47 heavy (non-hydrogen) atoms. The van der Waals surface area contributed by atoms with Gasteiger partial charge in [0.2, 0.25) is 0 Å². The van der Waals surface area contributed by atoms with Gasteiger partial charge in [-0.15, -0.1) is 0 Å². The summed E-state index contributed by atoms with van der Waals surface area (Å²) in [5.41, 5.74) is 2.27. The topological polar surface area (TPSA) is 96.0 Å². The summed E-state index contributed by atoms with van der Waals surface area (Å²) in [6, 6.07) is 20.9. The number of amides is 1. The summed E-state index contributed by atoms with van der Waals surface area (Å²) < 4.78 is 39.4. The third-order valence-electron chi connectivity index (χ3n) is 6.78. The van der Waals surface area contributed by atoms with Crippen molar-refractivity contribution in [2.24, 2.45) is 0 Å². The Morgan fingerprint density at radius 1 is 0.809 bits per heavy atom. The number of alkyl carbamates (subject to hydrolysis) is 1. The van der Waals surface area contributed by atoms with Gasteiger partial charge in [0.25, 0.3) is 0 Å². The number of hydrogen-bond acceptors (Lipinski definition) is 7. The molecule has 4 aromatic rings. The highest BCUT2D eigenvalue weighted by Crippen LogP contribution is 2.33. The number of halogens is 1. The smallest absolute Gasteiger partial charge is 0.408 e. The highest BCUT2D eigenvalue weighted by Gasteiger charge is 2.22. The Bertz CT molecular complexity index is 1680. The van der Waals surface area contributed by atoms with Gasteiger partial charge in [0.05, 0.1) is 12.5 Å². The zero-order valence-corrected chi connectivity index (χ0v) is 28.1. The Balaban J connectivity index is 1.62. The van der Waals surface area contributed by atoms with Crippen molar-refractivity contribution < 1.29 is 32.9 Å². The first kappa shape index (κ1) is 34.9. The zero-order valence-electron chi connectivity index (χ0n) is 28.1. The molecule has 1 unspecified atom stereocenters. The van der Waals surface area contributed by atoms with Gasteiger partial charge >= 0.3 is 12.1 Å². The molecule has 0 radical (unpaired) electrons. The van der Waals surface area contributed by atoms with E-state index in [4.69, 9.17) is 18.9 Å². The van der Waals surface area contributed by atoms with Gasteiger partial charge in [-0.05, 0) is 102 Å². The second kappa shape index (κ2) is 15.1. The minimum atomic E-state index is -0.685. The van der Waals surface area contributed by atoms with E-state index in [2.05, 4.69) is 10.3 Å². The van der Waals surface area contributed by atoms with Crippen LogP contribution in [0, 0.1) is 5.82 Å². The molecule has 4 rings (SSSR count). The van der Waals surface area contributed by atoms with Gasteiger partial charge in [0.15, 0.2) is 0 Å². The number of carbonyl (C=O) groups excluding carboxylic acids is 2. The van der Waals surface area contributed by atoms with Gasteiger partial charge in [-0.2, -0.15) is 0 Å². The molecule has 0 aliphatic carbocycles. The van der Waals surface area contributed by atoms with Crippen molar-refractivity contribution in [2.75, 3.05) is 0 Å². The zero-order chi connectivity index (χ0) is 34.2. The molecule has 0 saturated carbocycles. The molecule has 8 nitrogen and oxygen atoms in total. The molecule has 1 amide bonds. The molecular formula is C38H43FN2O6. The molecule has 0 aliphatic rings. The molecule has 3 aromatic carbocycles. The van der Waals surface area contributed by atoms with E-state index in [1.807, 2.05) is 63.2 Å². The lowest BCUT2D eigenvalue weighted by molar-refractivity contribution is -0.153. The Morgan fingerprint density at radius 3 is 2.19 bits per heavy atom. The molecule has 1 atom stereocenters. The molecular weight excluding hydrogens is 599 g/mol. The second-order valence-electron chi connectivity index (χ2n) is 13.2. The van der Waals surface area contributed by atoms with Gasteiger partial charge in [-0.3, -0.25) is 9.78 Å². The molecule has 0 bridgehead atoms. The van der Waals surface area contributed by atoms with Crippen molar-refractivity contribution in [1.82, 2.24) is 10.3 Å². The Kier molecular flexibility index (Phi) is 11.2. The van der Waals surface area contributed by atoms with Crippen LogP contribution in [0.5, 0.6) is 11.5 Å². The maximum absolute atomic E-state index is 16.1. The first-order valence-electron chi connectivity index (χ1n) is 15.5. The maximum atomic E-state index is 16.1. The molecule has 0 saturated heterocycles. The predicted octanol–water partition coefficient (Wildman–Crippen LogP) is 8.52. The molecule has 0 spiro atoms. The molecule has 0 fully saturated rings. The molecule has 1 N–H and O–H groups in total. The predicted molar refractivity (Wildman–Crippen MR) is 179 cm³/mol. The average molecular weight is 643 g/mol. The quantitative estimate of drug-likeness (QED) is 0.164. The molecule has 1 heterocycles. The summed E-state index contributed by atoms with van der Waals surface area (Å²) in [6.07, 6.45) is 2.81. The molecule has 248 valence electrons. The van der Waals surface area contributed by atoms with E-state index >= 15 is 4.39 Å². The Morgan fingerprint density at radius 2 is 1.49 bits per heavy atom. The first-order valence-corrected chi connectivity index (χ1v) is 15.5. The van der Waals surface area contributed by atoms with Gasteiger partial charge in [0, 0.05) is 29.1 Å². The van der Waals surface area contributed by atoms with Crippen LogP contribution in [0.25, 0.3) is 11.1 Å². The number of ether oxygens (including phenoxy) is 4. The van der Waals surface area contributed by atoms with Crippen LogP contribution in [-0.4, -0.2) is 28.2 Å². The van der Waals surface area contributed by atoms with Gasteiger partial charge in [-0.1, -0.05) is 36.4 Å². The number of nitrogens with one attached hydrogen (secondary N) is 1. The van der Waals surface area contributed by atoms with E-state index in [9.17, 15) is 9.59 Å². The SMILES string of the molecule is CC(NC(=O)OC(C)(C)C)c1cccc(-c2cc(COc3ccccc3CC(=O)OC(C)(C)C)cc(OCc3ccncc3)c2)c1F. The third kappa shape index (κ3) is 10.8. The van der Waals surface area contributed by atoms with Crippen molar-refractivity contribution in [3.05, 3.63) is 113 Å². The van der Waals surface area contributed by atoms with E-state index in [-0.39, 0.29) is 25.6 Å². The summed E-state index contributed by atoms with van der Waals surface area (Å²) in [5.74, 6) is 0.230. The van der Waals surface area contributed by atoms with Crippen molar-refractivity contribution in [3.8, 4) is 22.6 Å². The summed E-state index contributed by atoms with van der Waals surface area (Å²) in [5, 5.41) is 2.72. The highest BCUT2D eigenvalue weighted by atomic mass is 19.1. The monoisotopic (exact) mass is 642 g/mol. The third-order valence-corrected chi connectivity index (χ3v) is 6.78. The first-order chi connectivity index (χ1) is 22.2. The summed E-state index contributed by atoms with van der Waals surface area (Å²) in [6.45, 7) is 12.9. The molecule has 1 aromatic heterocycles. The number of nitrogens with zero attached hydrogens (tertiary/aromatic N) is 1. The molecule has 0 aliphatic heterocycles. The minimum absolute atomic E-state index is 0.0568. The van der Waals surface area contributed by atoms with E-state index in [1.54, 1.807) is 70.4 Å². The molecule has 9 heteroatoms. The van der Waals surface area contributed by atoms with E-state index < -0.39 is 29.2 Å². The van der Waals surface area contributed by atoms with Crippen molar-refractivity contribution in [1.29, 1.82) is 0 Å². The number of para-hydroxylation sites is 1. The van der Waals surface area contributed by atoms with Gasteiger partial charge in [-0.25, -0.2) is 9.18 Å². The lowest BCUT2D eigenvalue weighted by Crippen LogP contribution is -2.34. The van der Waals surface area contributed by atoms with Crippen LogP contribution in [0.15, 0.2) is 85.2 Å². The van der Waals surface area contributed by atoms with Crippen molar-refractivity contribution in [3.63, 3.8) is 0 Å². The number of carbonyl (C=O) groups is 2. The van der Waals surface area contributed by atoms with Crippen LogP contribution in [0.2, 0.25) is 0 Å². The van der Waals surface area contributed by atoms with Crippen LogP contribution in [0.1, 0.15) is 76.8 Å². The number of pyridine rings is 1. The largest absolute Gasteiger partial charge is 0.489 e. The van der Waals surface area contributed by atoms with Crippen LogP contribution in [-0.2, 0) is 33.9 Å².